The maximum absolute atomic E-state index is 9.91. The summed E-state index contributed by atoms with van der Waals surface area (Å²) in [4.78, 5) is 0. The lowest BCUT2D eigenvalue weighted by atomic mass is 9.83. The van der Waals surface area contributed by atoms with E-state index in [4.69, 9.17) is 4.42 Å². The normalized spacial score (nSPS) is 23.7. The summed E-state index contributed by atoms with van der Waals surface area (Å²) in [6.07, 6.45) is 6.96. The van der Waals surface area contributed by atoms with E-state index in [2.05, 4.69) is 11.4 Å². The van der Waals surface area contributed by atoms with Gasteiger partial charge in [-0.15, -0.1) is 0 Å². The average molecular weight is 265 g/mol. The number of aliphatic hydroxyl groups is 1. The van der Waals surface area contributed by atoms with Crippen molar-refractivity contribution in [3.8, 4) is 0 Å². The summed E-state index contributed by atoms with van der Waals surface area (Å²) in [7, 11) is 0. The summed E-state index contributed by atoms with van der Waals surface area (Å²) in [5.74, 6) is 2.54. The molecule has 1 aliphatic rings. The molecule has 2 unspecified atom stereocenters. The molecule has 1 aliphatic carbocycles. The zero-order valence-corrected chi connectivity index (χ0v) is 12.2. The lowest BCUT2D eigenvalue weighted by Gasteiger charge is -2.27. The van der Waals surface area contributed by atoms with Crippen molar-refractivity contribution < 1.29 is 9.52 Å². The zero-order valence-electron chi connectivity index (χ0n) is 12.2. The molecular weight excluding hydrogens is 238 g/mol. The highest BCUT2D eigenvalue weighted by atomic mass is 16.3. The fourth-order valence-electron chi connectivity index (χ4n) is 3.10. The van der Waals surface area contributed by atoms with Gasteiger partial charge in [0.1, 0.15) is 11.5 Å². The summed E-state index contributed by atoms with van der Waals surface area (Å²) < 4.78 is 5.51. The van der Waals surface area contributed by atoms with Crippen LogP contribution in [-0.4, -0.2) is 17.8 Å². The van der Waals surface area contributed by atoms with Crippen LogP contribution in [0.2, 0.25) is 0 Å². The van der Waals surface area contributed by atoms with Gasteiger partial charge in [-0.1, -0.05) is 12.8 Å². The Balaban J connectivity index is 1.60. The van der Waals surface area contributed by atoms with E-state index in [0.29, 0.717) is 5.92 Å². The van der Waals surface area contributed by atoms with Crippen LogP contribution < -0.4 is 5.32 Å². The average Bonchev–Trinajstić information content (AvgIpc) is 2.70. The summed E-state index contributed by atoms with van der Waals surface area (Å²) in [6.45, 7) is 5.91. The van der Waals surface area contributed by atoms with Crippen molar-refractivity contribution in [3.05, 3.63) is 23.2 Å². The zero-order chi connectivity index (χ0) is 13.7. The Bertz CT molecular complexity index is 386. The van der Waals surface area contributed by atoms with Gasteiger partial charge in [0.15, 0.2) is 0 Å². The van der Waals surface area contributed by atoms with Crippen LogP contribution in [0.5, 0.6) is 0 Å². The van der Waals surface area contributed by atoms with Gasteiger partial charge in [0.05, 0.1) is 6.10 Å². The second-order valence-corrected chi connectivity index (χ2v) is 5.87. The number of nitrogens with one attached hydrogen (secondary N) is 1. The first kappa shape index (κ1) is 14.6. The van der Waals surface area contributed by atoms with E-state index in [9.17, 15) is 5.11 Å². The predicted molar refractivity (Wildman–Crippen MR) is 77.1 cm³/mol. The minimum absolute atomic E-state index is 0.0486. The van der Waals surface area contributed by atoms with Crippen LogP contribution in [0.3, 0.4) is 0 Å². The van der Waals surface area contributed by atoms with Crippen LogP contribution in [0.15, 0.2) is 10.5 Å². The molecule has 0 aromatic carbocycles. The number of hydrogen-bond donors (Lipinski definition) is 2. The molecule has 1 heterocycles. The van der Waals surface area contributed by atoms with Gasteiger partial charge in [0, 0.05) is 12.1 Å². The van der Waals surface area contributed by atoms with Gasteiger partial charge in [-0.3, -0.25) is 0 Å². The van der Waals surface area contributed by atoms with Gasteiger partial charge in [-0.2, -0.15) is 0 Å². The minimum atomic E-state index is -0.0486. The maximum Gasteiger partial charge on any atom is 0.105 e. The van der Waals surface area contributed by atoms with E-state index in [0.717, 1.165) is 43.9 Å². The Morgan fingerprint density at radius 1 is 1.32 bits per heavy atom. The molecular formula is C16H27NO2. The fourth-order valence-corrected chi connectivity index (χ4v) is 3.10. The van der Waals surface area contributed by atoms with E-state index in [-0.39, 0.29) is 6.10 Å². The first-order valence-corrected chi connectivity index (χ1v) is 7.61. The summed E-state index contributed by atoms with van der Waals surface area (Å²) in [6, 6.07) is 2.10. The van der Waals surface area contributed by atoms with E-state index in [1.165, 1.54) is 24.8 Å². The monoisotopic (exact) mass is 265 g/mol. The maximum atomic E-state index is 9.91. The van der Waals surface area contributed by atoms with Crippen LogP contribution in [-0.2, 0) is 6.54 Å². The highest BCUT2D eigenvalue weighted by molar-refractivity contribution is 5.19. The fraction of sp³-hybridized carbons (Fsp3) is 0.750. The molecule has 2 N–H and O–H groups in total. The molecule has 0 saturated heterocycles. The number of furan rings is 1. The molecule has 1 saturated carbocycles. The van der Waals surface area contributed by atoms with Crippen molar-refractivity contribution >= 4 is 0 Å². The lowest BCUT2D eigenvalue weighted by molar-refractivity contribution is 0.0643. The van der Waals surface area contributed by atoms with Gasteiger partial charge in [0.25, 0.3) is 0 Å². The summed E-state index contributed by atoms with van der Waals surface area (Å²) in [5.41, 5.74) is 1.26. The van der Waals surface area contributed by atoms with E-state index in [1.54, 1.807) is 0 Å². The Morgan fingerprint density at radius 2 is 2.11 bits per heavy atom. The highest BCUT2D eigenvalue weighted by Gasteiger charge is 2.22. The van der Waals surface area contributed by atoms with Crippen molar-refractivity contribution in [2.24, 2.45) is 5.92 Å². The Labute approximate surface area is 116 Å². The number of aliphatic hydroxyl groups excluding tert-OH is 1. The minimum Gasteiger partial charge on any atom is -0.466 e. The van der Waals surface area contributed by atoms with Gasteiger partial charge < -0.3 is 14.8 Å². The molecule has 0 aliphatic heterocycles. The quantitative estimate of drug-likeness (QED) is 0.776. The lowest BCUT2D eigenvalue weighted by Crippen LogP contribution is -2.25. The van der Waals surface area contributed by atoms with Crippen LogP contribution in [0.4, 0.5) is 0 Å². The molecule has 3 heteroatoms. The van der Waals surface area contributed by atoms with Crippen molar-refractivity contribution in [2.75, 3.05) is 6.54 Å². The van der Waals surface area contributed by atoms with E-state index in [1.807, 2.05) is 13.8 Å². The molecule has 0 spiro atoms. The highest BCUT2D eigenvalue weighted by Crippen LogP contribution is 2.27. The Kier molecular flexibility index (Phi) is 5.46. The molecule has 0 bridgehead atoms. The van der Waals surface area contributed by atoms with Crippen LogP contribution in [0.25, 0.3) is 0 Å². The third-order valence-electron chi connectivity index (χ3n) is 4.26. The number of aryl methyl sites for hydroxylation is 2. The van der Waals surface area contributed by atoms with E-state index < -0.39 is 0 Å². The number of rotatable bonds is 6. The van der Waals surface area contributed by atoms with Crippen LogP contribution in [0.1, 0.15) is 55.6 Å². The summed E-state index contributed by atoms with van der Waals surface area (Å²) >= 11 is 0. The van der Waals surface area contributed by atoms with Crippen molar-refractivity contribution in [1.29, 1.82) is 0 Å². The largest absolute Gasteiger partial charge is 0.466 e. The molecule has 2 rings (SSSR count). The SMILES string of the molecule is Cc1cc(CNCCCC2CCCCC2O)c(C)o1. The van der Waals surface area contributed by atoms with Gasteiger partial charge >= 0.3 is 0 Å². The molecule has 1 aromatic heterocycles. The topological polar surface area (TPSA) is 45.4 Å². The van der Waals surface area contributed by atoms with Gasteiger partial charge in [-0.05, 0) is 58.1 Å². The second-order valence-electron chi connectivity index (χ2n) is 5.87. The molecule has 0 radical (unpaired) electrons. The Hall–Kier alpha value is -0.800. The van der Waals surface area contributed by atoms with Crippen LogP contribution >= 0.6 is 0 Å². The molecule has 3 nitrogen and oxygen atoms in total. The summed E-state index contributed by atoms with van der Waals surface area (Å²) in [5, 5.41) is 13.4. The molecule has 2 atom stereocenters. The Morgan fingerprint density at radius 3 is 2.79 bits per heavy atom. The molecule has 1 fully saturated rings. The van der Waals surface area contributed by atoms with Gasteiger partial charge in [-0.25, -0.2) is 0 Å². The number of hydrogen-bond acceptors (Lipinski definition) is 3. The van der Waals surface area contributed by atoms with E-state index >= 15 is 0 Å². The first-order chi connectivity index (χ1) is 9.16. The third kappa shape index (κ3) is 4.36. The smallest absolute Gasteiger partial charge is 0.105 e. The van der Waals surface area contributed by atoms with Crippen LogP contribution in [0, 0.1) is 19.8 Å². The standard InChI is InChI=1S/C16H27NO2/c1-12-10-15(13(2)19-12)11-17-9-5-7-14-6-3-4-8-16(14)18/h10,14,16-18H,3-9,11H2,1-2H3. The third-order valence-corrected chi connectivity index (χ3v) is 4.26. The van der Waals surface area contributed by atoms with Crippen molar-refractivity contribution in [2.45, 2.75) is 65.0 Å². The van der Waals surface area contributed by atoms with Crippen molar-refractivity contribution in [3.63, 3.8) is 0 Å². The van der Waals surface area contributed by atoms with Crippen molar-refractivity contribution in [1.82, 2.24) is 5.32 Å². The molecule has 108 valence electrons. The van der Waals surface area contributed by atoms with Gasteiger partial charge in [0.2, 0.25) is 0 Å². The molecule has 0 amide bonds. The molecule has 19 heavy (non-hydrogen) atoms. The molecule has 1 aromatic rings. The first-order valence-electron chi connectivity index (χ1n) is 7.61. The predicted octanol–water partition coefficient (Wildman–Crippen LogP) is 3.32. The second kappa shape index (κ2) is 7.11.